The van der Waals surface area contributed by atoms with Crippen LogP contribution in [0.2, 0.25) is 0 Å². The quantitative estimate of drug-likeness (QED) is 0.340. The van der Waals surface area contributed by atoms with Crippen molar-refractivity contribution in [2.45, 2.75) is 78.0 Å². The number of carbonyl (C=O) groups excluding carboxylic acids is 1. The molecule has 1 amide bonds. The monoisotopic (exact) mass is 492 g/mol. The fourth-order valence-corrected chi connectivity index (χ4v) is 4.73. The highest BCUT2D eigenvalue weighted by Crippen LogP contribution is 2.57. The third-order valence-corrected chi connectivity index (χ3v) is 6.40. The van der Waals surface area contributed by atoms with Crippen molar-refractivity contribution in [1.82, 2.24) is 15.5 Å². The Labute approximate surface area is 181 Å². The molecule has 2 saturated carbocycles. The molecule has 0 bridgehead atoms. The SMILES string of the molecule is CCN=C(NC1CCN(C(=O)C(C)C)C1)NC1CC(OCC)C12CCC2.I. The van der Waals surface area contributed by atoms with Crippen LogP contribution in [0.1, 0.15) is 59.8 Å². The molecule has 3 atom stereocenters. The minimum atomic E-state index is 0. The molecule has 6 nitrogen and oxygen atoms in total. The van der Waals surface area contributed by atoms with Crippen molar-refractivity contribution in [3.8, 4) is 0 Å². The Morgan fingerprint density at radius 2 is 2.04 bits per heavy atom. The van der Waals surface area contributed by atoms with Crippen LogP contribution in [0.25, 0.3) is 0 Å². The Bertz CT molecular complexity index is 536. The standard InChI is InChI=1S/C20H36N4O2.HI/c1-5-21-19(22-15-8-11-24(13-15)18(25)14(3)4)23-16-12-17(26-6-2)20(16)9-7-10-20;/h14-17H,5-13H2,1-4H3,(H2,21,22,23);1H. The predicted octanol–water partition coefficient (Wildman–Crippen LogP) is 2.76. The summed E-state index contributed by atoms with van der Waals surface area (Å²) in [4.78, 5) is 18.8. The molecule has 0 aromatic carbocycles. The molecule has 0 aromatic rings. The molecule has 1 heterocycles. The first-order chi connectivity index (χ1) is 12.5. The molecule has 1 spiro atoms. The van der Waals surface area contributed by atoms with E-state index >= 15 is 0 Å². The highest BCUT2D eigenvalue weighted by atomic mass is 127. The number of hydrogen-bond donors (Lipinski definition) is 2. The lowest BCUT2D eigenvalue weighted by Crippen LogP contribution is -2.69. The lowest BCUT2D eigenvalue weighted by atomic mass is 9.51. The van der Waals surface area contributed by atoms with Gasteiger partial charge < -0.3 is 20.3 Å². The molecule has 2 aliphatic carbocycles. The summed E-state index contributed by atoms with van der Waals surface area (Å²) in [5.41, 5.74) is 0.321. The van der Waals surface area contributed by atoms with Crippen LogP contribution in [0.5, 0.6) is 0 Å². The highest BCUT2D eigenvalue weighted by Gasteiger charge is 2.59. The van der Waals surface area contributed by atoms with E-state index in [2.05, 4.69) is 29.5 Å². The van der Waals surface area contributed by atoms with Gasteiger partial charge >= 0.3 is 0 Å². The Morgan fingerprint density at radius 1 is 1.30 bits per heavy atom. The Balaban J connectivity index is 0.00000261. The number of carbonyl (C=O) groups is 1. The number of guanidine groups is 1. The second-order valence-electron chi connectivity index (χ2n) is 8.36. The second-order valence-corrected chi connectivity index (χ2v) is 8.36. The van der Waals surface area contributed by atoms with E-state index in [9.17, 15) is 4.79 Å². The summed E-state index contributed by atoms with van der Waals surface area (Å²) in [7, 11) is 0. The van der Waals surface area contributed by atoms with Crippen molar-refractivity contribution in [2.24, 2.45) is 16.3 Å². The molecule has 3 rings (SSSR count). The Morgan fingerprint density at radius 3 is 2.59 bits per heavy atom. The molecular weight excluding hydrogens is 455 g/mol. The van der Waals surface area contributed by atoms with Crippen molar-refractivity contribution in [2.75, 3.05) is 26.2 Å². The van der Waals surface area contributed by atoms with Crippen LogP contribution in [0.15, 0.2) is 4.99 Å². The summed E-state index contributed by atoms with van der Waals surface area (Å²) >= 11 is 0. The molecule has 0 aromatic heterocycles. The maximum absolute atomic E-state index is 12.2. The number of nitrogens with one attached hydrogen (secondary N) is 2. The fraction of sp³-hybridized carbons (Fsp3) is 0.900. The van der Waals surface area contributed by atoms with Crippen LogP contribution >= 0.6 is 24.0 Å². The van der Waals surface area contributed by atoms with Gasteiger partial charge in [-0.3, -0.25) is 9.79 Å². The van der Waals surface area contributed by atoms with E-state index in [1.54, 1.807) is 0 Å². The average Bonchev–Trinajstić information content (AvgIpc) is 2.99. The summed E-state index contributed by atoms with van der Waals surface area (Å²) in [5.74, 6) is 1.23. The molecule has 3 fully saturated rings. The van der Waals surface area contributed by atoms with E-state index in [-0.39, 0.29) is 41.8 Å². The lowest BCUT2D eigenvalue weighted by molar-refractivity contribution is -0.168. The smallest absolute Gasteiger partial charge is 0.225 e. The summed E-state index contributed by atoms with van der Waals surface area (Å²) in [6.45, 7) is 11.3. The summed E-state index contributed by atoms with van der Waals surface area (Å²) in [6.07, 6.45) is 6.29. The number of nitrogens with zero attached hydrogens (tertiary/aromatic N) is 2. The predicted molar refractivity (Wildman–Crippen MR) is 120 cm³/mol. The Hall–Kier alpha value is -0.570. The summed E-state index contributed by atoms with van der Waals surface area (Å²) < 4.78 is 5.96. The number of likely N-dealkylation sites (tertiary alicyclic amines) is 1. The van der Waals surface area contributed by atoms with E-state index < -0.39 is 0 Å². The zero-order chi connectivity index (χ0) is 18.7. The van der Waals surface area contributed by atoms with E-state index in [1.165, 1.54) is 19.3 Å². The first-order valence-electron chi connectivity index (χ1n) is 10.5. The van der Waals surface area contributed by atoms with Gasteiger partial charge in [0.05, 0.1) is 6.10 Å². The lowest BCUT2D eigenvalue weighted by Gasteiger charge is -2.61. The maximum atomic E-state index is 12.2. The van der Waals surface area contributed by atoms with Gasteiger partial charge in [-0.1, -0.05) is 20.3 Å². The number of aliphatic imine (C=N–C) groups is 1. The van der Waals surface area contributed by atoms with E-state index in [0.717, 1.165) is 45.0 Å². The van der Waals surface area contributed by atoms with Gasteiger partial charge in [-0.25, -0.2) is 0 Å². The van der Waals surface area contributed by atoms with Crippen molar-refractivity contribution in [3.05, 3.63) is 0 Å². The van der Waals surface area contributed by atoms with Gasteiger partial charge in [0.15, 0.2) is 5.96 Å². The van der Waals surface area contributed by atoms with Gasteiger partial charge in [0.2, 0.25) is 5.91 Å². The number of halogens is 1. The average molecular weight is 492 g/mol. The van der Waals surface area contributed by atoms with Gasteiger partial charge in [-0.05, 0) is 39.5 Å². The van der Waals surface area contributed by atoms with Crippen LogP contribution in [0, 0.1) is 11.3 Å². The van der Waals surface area contributed by atoms with Crippen LogP contribution in [0.4, 0.5) is 0 Å². The molecule has 3 aliphatic rings. The topological polar surface area (TPSA) is 66.0 Å². The molecule has 0 radical (unpaired) electrons. The fourth-order valence-electron chi connectivity index (χ4n) is 4.73. The van der Waals surface area contributed by atoms with Crippen molar-refractivity contribution < 1.29 is 9.53 Å². The minimum Gasteiger partial charge on any atom is -0.378 e. The van der Waals surface area contributed by atoms with Gasteiger partial charge in [-0.15, -0.1) is 24.0 Å². The third kappa shape index (κ3) is 4.71. The van der Waals surface area contributed by atoms with E-state index in [4.69, 9.17) is 4.74 Å². The maximum Gasteiger partial charge on any atom is 0.225 e. The second kappa shape index (κ2) is 9.76. The molecule has 2 N–H and O–H groups in total. The summed E-state index contributed by atoms with van der Waals surface area (Å²) in [5, 5.41) is 7.26. The number of hydrogen-bond acceptors (Lipinski definition) is 3. The van der Waals surface area contributed by atoms with E-state index in [1.807, 2.05) is 18.7 Å². The molecular formula is C20H37IN4O2. The first-order valence-corrected chi connectivity index (χ1v) is 10.5. The van der Waals surface area contributed by atoms with Crippen molar-refractivity contribution in [3.63, 3.8) is 0 Å². The van der Waals surface area contributed by atoms with Crippen LogP contribution in [-0.2, 0) is 9.53 Å². The molecule has 7 heteroatoms. The van der Waals surface area contributed by atoms with Gasteiger partial charge in [0, 0.05) is 49.7 Å². The molecule has 156 valence electrons. The molecule has 27 heavy (non-hydrogen) atoms. The van der Waals surface area contributed by atoms with Gasteiger partial charge in [-0.2, -0.15) is 0 Å². The van der Waals surface area contributed by atoms with Crippen LogP contribution in [0.3, 0.4) is 0 Å². The number of ether oxygens (including phenoxy) is 1. The van der Waals surface area contributed by atoms with Crippen molar-refractivity contribution in [1.29, 1.82) is 0 Å². The van der Waals surface area contributed by atoms with Crippen molar-refractivity contribution >= 4 is 35.8 Å². The molecule has 1 aliphatic heterocycles. The third-order valence-electron chi connectivity index (χ3n) is 6.40. The van der Waals surface area contributed by atoms with Gasteiger partial charge in [0.25, 0.3) is 0 Å². The van der Waals surface area contributed by atoms with Gasteiger partial charge in [0.1, 0.15) is 0 Å². The highest BCUT2D eigenvalue weighted by molar-refractivity contribution is 14.0. The molecule has 1 saturated heterocycles. The summed E-state index contributed by atoms with van der Waals surface area (Å²) in [6, 6.07) is 0.746. The normalized spacial score (nSPS) is 29.1. The zero-order valence-corrected chi connectivity index (χ0v) is 19.6. The van der Waals surface area contributed by atoms with E-state index in [0.29, 0.717) is 17.6 Å². The van der Waals surface area contributed by atoms with Crippen LogP contribution < -0.4 is 10.6 Å². The number of amides is 1. The Kier molecular flexibility index (Phi) is 8.21. The molecule has 3 unspecified atom stereocenters. The minimum absolute atomic E-state index is 0. The van der Waals surface area contributed by atoms with Crippen LogP contribution in [-0.4, -0.2) is 61.2 Å². The largest absolute Gasteiger partial charge is 0.378 e. The zero-order valence-electron chi connectivity index (χ0n) is 17.3. The number of rotatable bonds is 6. The first kappa shape index (κ1) is 22.7.